The quantitative estimate of drug-likeness (QED) is 0.695. The van der Waals surface area contributed by atoms with Crippen molar-refractivity contribution in [1.82, 2.24) is 5.32 Å². The van der Waals surface area contributed by atoms with Crippen molar-refractivity contribution < 1.29 is 27.5 Å². The number of amides is 1. The summed E-state index contributed by atoms with van der Waals surface area (Å²) in [6, 6.07) is 12.4. The van der Waals surface area contributed by atoms with E-state index in [0.717, 1.165) is 6.07 Å². The minimum absolute atomic E-state index is 0.0421. The second-order valence-electron chi connectivity index (χ2n) is 8.18. The van der Waals surface area contributed by atoms with Gasteiger partial charge in [0.1, 0.15) is 11.8 Å². The molecule has 1 N–H and O–H groups in total. The van der Waals surface area contributed by atoms with Gasteiger partial charge in [-0.15, -0.1) is 0 Å². The molecule has 180 valence electrons. The number of rotatable bonds is 6. The van der Waals surface area contributed by atoms with Crippen molar-refractivity contribution in [1.29, 1.82) is 0 Å². The number of morpholine rings is 1. The van der Waals surface area contributed by atoms with Crippen LogP contribution in [0.4, 0.5) is 24.5 Å². The summed E-state index contributed by atoms with van der Waals surface area (Å²) in [5.74, 6) is -0.761. The van der Waals surface area contributed by atoms with Crippen LogP contribution in [-0.4, -0.2) is 49.7 Å². The highest BCUT2D eigenvalue weighted by Crippen LogP contribution is 2.35. The van der Waals surface area contributed by atoms with E-state index >= 15 is 0 Å². The summed E-state index contributed by atoms with van der Waals surface area (Å²) >= 11 is 0. The van der Waals surface area contributed by atoms with E-state index in [1.54, 1.807) is 30.3 Å². The highest BCUT2D eigenvalue weighted by atomic mass is 19.4. The Kier molecular flexibility index (Phi) is 6.87. The van der Waals surface area contributed by atoms with E-state index in [1.165, 1.54) is 18.0 Å². The third-order valence-electron chi connectivity index (χ3n) is 5.88. The van der Waals surface area contributed by atoms with Gasteiger partial charge >= 0.3 is 6.18 Å². The van der Waals surface area contributed by atoms with Crippen LogP contribution in [-0.2, 0) is 27.0 Å². The summed E-state index contributed by atoms with van der Waals surface area (Å²) < 4.78 is 46.6. The summed E-state index contributed by atoms with van der Waals surface area (Å²) in [4.78, 5) is 26.7. The van der Waals surface area contributed by atoms with Crippen molar-refractivity contribution in [3.05, 3.63) is 59.7 Å². The molecule has 0 spiro atoms. The number of ether oxygens (including phenoxy) is 1. The average molecular weight is 474 g/mol. The maximum absolute atomic E-state index is 13.8. The molecule has 2 aliphatic rings. The Morgan fingerprint density at radius 2 is 1.79 bits per heavy atom. The molecule has 4 rings (SSSR count). The fourth-order valence-electron chi connectivity index (χ4n) is 4.06. The molecule has 1 saturated heterocycles. The zero-order chi connectivity index (χ0) is 24.3. The number of carbonyl (C=O) groups excluding carboxylic acids is 2. The number of hydrazone groups is 1. The standard InChI is InChI=1S/C24H25F3N4O3/c1-16(32)22-14-21(29-31(22)18-5-3-2-4-6-18)23(33)28-15-17-7-8-19(13-20(17)24(25,26)27)30-9-11-34-12-10-30/h2-8,13,22H,9-12,14-15H2,1H3,(H,28,33). The van der Waals surface area contributed by atoms with E-state index in [0.29, 0.717) is 37.7 Å². The van der Waals surface area contributed by atoms with Gasteiger partial charge in [-0.1, -0.05) is 24.3 Å². The van der Waals surface area contributed by atoms with Crippen molar-refractivity contribution in [3.63, 3.8) is 0 Å². The van der Waals surface area contributed by atoms with Gasteiger partial charge in [-0.2, -0.15) is 18.3 Å². The number of hydrogen-bond acceptors (Lipinski definition) is 6. The first kappa shape index (κ1) is 23.7. The third-order valence-corrected chi connectivity index (χ3v) is 5.88. The van der Waals surface area contributed by atoms with Gasteiger partial charge in [0.2, 0.25) is 0 Å². The molecule has 1 fully saturated rings. The topological polar surface area (TPSA) is 74.2 Å². The van der Waals surface area contributed by atoms with Crippen molar-refractivity contribution in [3.8, 4) is 0 Å². The summed E-state index contributed by atoms with van der Waals surface area (Å²) in [5.41, 5.74) is 0.386. The van der Waals surface area contributed by atoms with Crippen LogP contribution in [0, 0.1) is 0 Å². The molecule has 1 amide bonds. The Hall–Kier alpha value is -3.40. The van der Waals surface area contributed by atoms with Gasteiger partial charge in [0.05, 0.1) is 24.5 Å². The lowest BCUT2D eigenvalue weighted by Gasteiger charge is -2.29. The van der Waals surface area contributed by atoms with E-state index in [2.05, 4.69) is 10.4 Å². The van der Waals surface area contributed by atoms with Crippen LogP contribution in [0.5, 0.6) is 0 Å². The van der Waals surface area contributed by atoms with Gasteiger partial charge in [0, 0.05) is 31.7 Å². The fraction of sp³-hybridized carbons (Fsp3) is 0.375. The maximum Gasteiger partial charge on any atom is 0.416 e. The summed E-state index contributed by atoms with van der Waals surface area (Å²) in [6.07, 6.45) is -4.49. The second-order valence-corrected chi connectivity index (χ2v) is 8.18. The van der Waals surface area contributed by atoms with Crippen LogP contribution in [0.15, 0.2) is 53.6 Å². The zero-order valence-corrected chi connectivity index (χ0v) is 18.6. The SMILES string of the molecule is CC(=O)C1CC(C(=O)NCc2ccc(N3CCOCC3)cc2C(F)(F)F)=NN1c1ccccc1. The lowest BCUT2D eigenvalue weighted by molar-refractivity contribution is -0.138. The number of carbonyl (C=O) groups is 2. The Balaban J connectivity index is 1.50. The molecule has 10 heteroatoms. The van der Waals surface area contributed by atoms with Crippen molar-refractivity contribution >= 4 is 28.8 Å². The van der Waals surface area contributed by atoms with Crippen LogP contribution in [0.3, 0.4) is 0 Å². The Morgan fingerprint density at radius 3 is 2.44 bits per heavy atom. The molecule has 1 unspecified atom stereocenters. The monoisotopic (exact) mass is 474 g/mol. The number of hydrogen-bond donors (Lipinski definition) is 1. The van der Waals surface area contributed by atoms with Crippen molar-refractivity contribution in [2.75, 3.05) is 36.2 Å². The van der Waals surface area contributed by atoms with E-state index < -0.39 is 23.7 Å². The first-order valence-electron chi connectivity index (χ1n) is 11.0. The van der Waals surface area contributed by atoms with Gasteiger partial charge in [0.15, 0.2) is 5.78 Å². The number of alkyl halides is 3. The number of benzene rings is 2. The average Bonchev–Trinajstić information content (AvgIpc) is 3.29. The highest BCUT2D eigenvalue weighted by Gasteiger charge is 2.36. The molecule has 34 heavy (non-hydrogen) atoms. The van der Waals surface area contributed by atoms with E-state index in [-0.39, 0.29) is 30.0 Å². The summed E-state index contributed by atoms with van der Waals surface area (Å²) in [7, 11) is 0. The molecule has 0 bridgehead atoms. The minimum atomic E-state index is -4.57. The van der Waals surface area contributed by atoms with E-state index in [9.17, 15) is 22.8 Å². The predicted molar refractivity (Wildman–Crippen MR) is 122 cm³/mol. The highest BCUT2D eigenvalue weighted by molar-refractivity contribution is 6.40. The maximum atomic E-state index is 13.8. The van der Waals surface area contributed by atoms with Gasteiger partial charge in [-0.3, -0.25) is 14.6 Å². The molecule has 0 radical (unpaired) electrons. The predicted octanol–water partition coefficient (Wildman–Crippen LogP) is 3.38. The molecule has 1 atom stereocenters. The lowest BCUT2D eigenvalue weighted by atomic mass is 10.0. The number of nitrogens with zero attached hydrogens (tertiary/aromatic N) is 3. The third kappa shape index (κ3) is 5.22. The Labute approximate surface area is 195 Å². The second kappa shape index (κ2) is 9.84. The number of anilines is 2. The number of Topliss-reactive ketones (excluding diaryl/α,β-unsaturated/α-hetero) is 1. The summed E-state index contributed by atoms with van der Waals surface area (Å²) in [5, 5.41) is 8.32. The summed E-state index contributed by atoms with van der Waals surface area (Å²) in [6.45, 7) is 3.06. The molecule has 7 nitrogen and oxygen atoms in total. The van der Waals surface area contributed by atoms with Crippen LogP contribution >= 0.6 is 0 Å². The smallest absolute Gasteiger partial charge is 0.378 e. The molecular weight excluding hydrogens is 449 g/mol. The first-order chi connectivity index (χ1) is 16.2. The van der Waals surface area contributed by atoms with Gasteiger partial charge in [-0.25, -0.2) is 0 Å². The molecule has 0 saturated carbocycles. The largest absolute Gasteiger partial charge is 0.416 e. The zero-order valence-electron chi connectivity index (χ0n) is 18.6. The van der Waals surface area contributed by atoms with Gasteiger partial charge < -0.3 is 15.0 Å². The van der Waals surface area contributed by atoms with Crippen molar-refractivity contribution in [2.45, 2.75) is 32.1 Å². The first-order valence-corrected chi connectivity index (χ1v) is 11.0. The minimum Gasteiger partial charge on any atom is -0.378 e. The lowest BCUT2D eigenvalue weighted by Crippen LogP contribution is -2.36. The Bertz CT molecular complexity index is 1080. The van der Waals surface area contributed by atoms with Crippen LogP contribution in [0.2, 0.25) is 0 Å². The van der Waals surface area contributed by atoms with Crippen LogP contribution in [0.25, 0.3) is 0 Å². The molecule has 2 aromatic rings. The van der Waals surface area contributed by atoms with Crippen LogP contribution in [0.1, 0.15) is 24.5 Å². The Morgan fingerprint density at radius 1 is 1.09 bits per heavy atom. The van der Waals surface area contributed by atoms with Crippen molar-refractivity contribution in [2.24, 2.45) is 5.10 Å². The van der Waals surface area contributed by atoms with Crippen LogP contribution < -0.4 is 15.2 Å². The molecule has 2 aromatic carbocycles. The number of ketones is 1. The molecule has 2 aliphatic heterocycles. The molecular formula is C24H25F3N4O3. The molecule has 2 heterocycles. The normalized spacial score (nSPS) is 18.6. The number of nitrogens with one attached hydrogen (secondary N) is 1. The van der Waals surface area contributed by atoms with Gasteiger partial charge in [-0.05, 0) is 36.8 Å². The fourth-order valence-corrected chi connectivity index (χ4v) is 4.06. The molecule has 0 aromatic heterocycles. The van der Waals surface area contributed by atoms with Gasteiger partial charge in [0.25, 0.3) is 5.91 Å². The van der Waals surface area contributed by atoms with E-state index in [1.807, 2.05) is 11.0 Å². The van der Waals surface area contributed by atoms with E-state index in [4.69, 9.17) is 4.74 Å². The number of halogens is 3. The number of para-hydroxylation sites is 1. The molecule has 0 aliphatic carbocycles.